The van der Waals surface area contributed by atoms with E-state index in [9.17, 15) is 0 Å². The standard InChI is InChI=1S/C4H7Cl.H2O/c1-2-3-4-5;/h2-3H,4H2,1H3;1H2/b3-2-;. The zero-order valence-corrected chi connectivity index (χ0v) is 4.50. The van der Waals surface area contributed by atoms with Crippen molar-refractivity contribution >= 4 is 11.6 Å². The molecule has 0 aliphatic rings. The van der Waals surface area contributed by atoms with Crippen molar-refractivity contribution in [3.05, 3.63) is 12.2 Å². The third-order valence-corrected chi connectivity index (χ3v) is 0.503. The van der Waals surface area contributed by atoms with E-state index in [1.807, 2.05) is 19.1 Å². The molecule has 0 aliphatic carbocycles. The van der Waals surface area contributed by atoms with E-state index in [4.69, 9.17) is 11.6 Å². The number of halogens is 1. The third kappa shape index (κ3) is 9.01. The molecule has 0 aromatic carbocycles. The first-order valence-corrected chi connectivity index (χ1v) is 2.12. The highest BCUT2D eigenvalue weighted by Gasteiger charge is 1.54. The highest BCUT2D eigenvalue weighted by atomic mass is 35.5. The van der Waals surface area contributed by atoms with Crippen molar-refractivity contribution < 1.29 is 5.48 Å². The van der Waals surface area contributed by atoms with Crippen molar-refractivity contribution in [3.8, 4) is 0 Å². The molecule has 0 aromatic rings. The second-order valence-corrected chi connectivity index (χ2v) is 1.03. The minimum absolute atomic E-state index is 0. The molecule has 0 heterocycles. The van der Waals surface area contributed by atoms with Gasteiger partial charge in [0.1, 0.15) is 0 Å². The van der Waals surface area contributed by atoms with Crippen LogP contribution >= 0.6 is 11.6 Å². The fourth-order valence-electron chi connectivity index (χ4n) is 0.0891. The maximum absolute atomic E-state index is 5.21. The minimum atomic E-state index is 0. The lowest BCUT2D eigenvalue weighted by Gasteiger charge is -1.63. The van der Waals surface area contributed by atoms with Crippen LogP contribution in [0, 0.1) is 0 Å². The quantitative estimate of drug-likeness (QED) is 0.354. The molecule has 0 rings (SSSR count). The van der Waals surface area contributed by atoms with Crippen LogP contribution in [0.15, 0.2) is 12.2 Å². The first kappa shape index (κ1) is 9.37. The van der Waals surface area contributed by atoms with Crippen LogP contribution in [0.3, 0.4) is 0 Å². The van der Waals surface area contributed by atoms with E-state index in [2.05, 4.69) is 0 Å². The first-order valence-electron chi connectivity index (χ1n) is 1.59. The predicted molar refractivity (Wildman–Crippen MR) is 29.1 cm³/mol. The zero-order chi connectivity index (χ0) is 4.12. The number of alkyl halides is 1. The summed E-state index contributed by atoms with van der Waals surface area (Å²) in [5, 5.41) is 0. The summed E-state index contributed by atoms with van der Waals surface area (Å²) in [6, 6.07) is 0. The number of allylic oxidation sites excluding steroid dienone is 2. The van der Waals surface area contributed by atoms with Gasteiger partial charge in [-0.15, -0.1) is 11.6 Å². The Kier molecular flexibility index (Phi) is 13.9. The van der Waals surface area contributed by atoms with Crippen LogP contribution in [-0.2, 0) is 0 Å². The molecule has 0 saturated heterocycles. The normalized spacial score (nSPS) is 8.33. The number of hydrogen-bond acceptors (Lipinski definition) is 0. The Hall–Kier alpha value is -0.0100. The van der Waals surface area contributed by atoms with Crippen LogP contribution in [0.1, 0.15) is 6.92 Å². The summed E-state index contributed by atoms with van der Waals surface area (Å²) in [7, 11) is 0. The molecule has 0 radical (unpaired) electrons. The van der Waals surface area contributed by atoms with Crippen molar-refractivity contribution in [1.29, 1.82) is 0 Å². The molecular weight excluding hydrogens is 99.5 g/mol. The largest absolute Gasteiger partial charge is 0.412 e. The van der Waals surface area contributed by atoms with Crippen molar-refractivity contribution in [2.45, 2.75) is 6.92 Å². The Bertz CT molecular complexity index is 34.5. The van der Waals surface area contributed by atoms with Gasteiger partial charge in [0.2, 0.25) is 0 Å². The van der Waals surface area contributed by atoms with Crippen LogP contribution in [0.4, 0.5) is 0 Å². The first-order chi connectivity index (χ1) is 2.41. The molecule has 0 fully saturated rings. The van der Waals surface area contributed by atoms with Crippen LogP contribution in [0.5, 0.6) is 0 Å². The number of rotatable bonds is 1. The van der Waals surface area contributed by atoms with Gasteiger partial charge in [0.15, 0.2) is 0 Å². The molecule has 38 valence electrons. The maximum Gasteiger partial charge on any atom is 0.0404 e. The van der Waals surface area contributed by atoms with E-state index < -0.39 is 0 Å². The Morgan fingerprint density at radius 2 is 2.17 bits per heavy atom. The average molecular weight is 109 g/mol. The minimum Gasteiger partial charge on any atom is -0.412 e. The molecule has 0 spiro atoms. The summed E-state index contributed by atoms with van der Waals surface area (Å²) in [6.45, 7) is 1.95. The van der Waals surface area contributed by atoms with Crippen molar-refractivity contribution in [2.24, 2.45) is 0 Å². The lowest BCUT2D eigenvalue weighted by molar-refractivity contribution is 0.824. The summed E-state index contributed by atoms with van der Waals surface area (Å²) in [4.78, 5) is 0. The second-order valence-electron chi connectivity index (χ2n) is 0.723. The monoisotopic (exact) mass is 108 g/mol. The van der Waals surface area contributed by atoms with E-state index >= 15 is 0 Å². The van der Waals surface area contributed by atoms with Gasteiger partial charge in [-0.05, 0) is 6.92 Å². The van der Waals surface area contributed by atoms with Gasteiger partial charge in [0.05, 0.1) is 0 Å². The lowest BCUT2D eigenvalue weighted by atomic mass is 10.6. The molecule has 0 saturated carbocycles. The van der Waals surface area contributed by atoms with Gasteiger partial charge in [-0.2, -0.15) is 0 Å². The summed E-state index contributed by atoms with van der Waals surface area (Å²) in [5.41, 5.74) is 0. The fourth-order valence-corrected chi connectivity index (χ4v) is 0.267. The van der Waals surface area contributed by atoms with Gasteiger partial charge < -0.3 is 5.48 Å². The van der Waals surface area contributed by atoms with E-state index in [1.54, 1.807) is 0 Å². The third-order valence-electron chi connectivity index (χ3n) is 0.325. The fraction of sp³-hybridized carbons (Fsp3) is 0.500. The summed E-state index contributed by atoms with van der Waals surface area (Å²) >= 11 is 5.21. The molecule has 0 aliphatic heterocycles. The molecule has 0 bridgehead atoms. The summed E-state index contributed by atoms with van der Waals surface area (Å²) in [6.07, 6.45) is 3.81. The Balaban J connectivity index is 0. The molecule has 0 atom stereocenters. The predicted octanol–water partition coefficient (Wildman–Crippen LogP) is 0.977. The Labute approximate surface area is 42.9 Å². The van der Waals surface area contributed by atoms with Gasteiger partial charge in [0, 0.05) is 5.88 Å². The summed E-state index contributed by atoms with van der Waals surface area (Å²) < 4.78 is 0. The van der Waals surface area contributed by atoms with E-state index in [0.717, 1.165) is 0 Å². The van der Waals surface area contributed by atoms with Crippen LogP contribution in [-0.4, -0.2) is 11.4 Å². The van der Waals surface area contributed by atoms with E-state index in [0.29, 0.717) is 5.88 Å². The summed E-state index contributed by atoms with van der Waals surface area (Å²) in [5.74, 6) is 0.635. The van der Waals surface area contributed by atoms with E-state index in [1.165, 1.54) is 0 Å². The topological polar surface area (TPSA) is 31.5 Å². The zero-order valence-electron chi connectivity index (χ0n) is 3.74. The molecule has 6 heavy (non-hydrogen) atoms. The van der Waals surface area contributed by atoms with Crippen molar-refractivity contribution in [1.82, 2.24) is 0 Å². The Morgan fingerprint density at radius 3 is 2.17 bits per heavy atom. The Morgan fingerprint density at radius 1 is 1.67 bits per heavy atom. The molecular formula is C4H9ClO. The second kappa shape index (κ2) is 8.89. The van der Waals surface area contributed by atoms with Gasteiger partial charge in [-0.1, -0.05) is 12.2 Å². The van der Waals surface area contributed by atoms with Crippen LogP contribution in [0.25, 0.3) is 0 Å². The lowest BCUT2D eigenvalue weighted by Crippen LogP contribution is -1.50. The molecule has 0 unspecified atom stereocenters. The highest BCUT2D eigenvalue weighted by molar-refractivity contribution is 6.18. The van der Waals surface area contributed by atoms with Gasteiger partial charge in [-0.3, -0.25) is 0 Å². The van der Waals surface area contributed by atoms with Gasteiger partial charge in [0.25, 0.3) is 0 Å². The smallest absolute Gasteiger partial charge is 0.0404 e. The maximum atomic E-state index is 5.21. The van der Waals surface area contributed by atoms with Gasteiger partial charge >= 0.3 is 0 Å². The molecule has 1 nitrogen and oxygen atoms in total. The van der Waals surface area contributed by atoms with Crippen LogP contribution < -0.4 is 0 Å². The number of hydrogen-bond donors (Lipinski definition) is 0. The SMILES string of the molecule is C/C=C\CCl.O. The van der Waals surface area contributed by atoms with Crippen molar-refractivity contribution in [3.63, 3.8) is 0 Å². The molecule has 2 heteroatoms. The van der Waals surface area contributed by atoms with Crippen molar-refractivity contribution in [2.75, 3.05) is 5.88 Å². The van der Waals surface area contributed by atoms with Crippen LogP contribution in [0.2, 0.25) is 0 Å². The molecule has 0 amide bonds. The highest BCUT2D eigenvalue weighted by Crippen LogP contribution is 1.73. The molecule has 2 N–H and O–H groups in total. The van der Waals surface area contributed by atoms with Gasteiger partial charge in [-0.25, -0.2) is 0 Å². The molecule has 0 aromatic heterocycles. The average Bonchev–Trinajstić information content (AvgIpc) is 1.41. The van der Waals surface area contributed by atoms with E-state index in [-0.39, 0.29) is 5.48 Å².